The van der Waals surface area contributed by atoms with Crippen molar-refractivity contribution in [1.29, 1.82) is 0 Å². The van der Waals surface area contributed by atoms with Gasteiger partial charge >= 0.3 is 0 Å². The number of ether oxygens (including phenoxy) is 2. The van der Waals surface area contributed by atoms with Gasteiger partial charge in [-0.1, -0.05) is 41.1 Å². The first-order chi connectivity index (χ1) is 13.0. The Morgan fingerprint density at radius 3 is 2.59 bits per heavy atom. The number of nitrogens with zero attached hydrogens (tertiary/aromatic N) is 2. The molecule has 3 rings (SSSR count). The molecule has 0 radical (unpaired) electrons. The number of halogens is 1. The molecular weight excluding hydrogens is 380 g/mol. The summed E-state index contributed by atoms with van der Waals surface area (Å²) in [5.74, 6) is 0.675. The lowest BCUT2D eigenvalue weighted by Crippen LogP contribution is -2.05. The third-order valence-corrected chi connectivity index (χ3v) is 5.26. The van der Waals surface area contributed by atoms with E-state index < -0.39 is 0 Å². The second-order valence-corrected chi connectivity index (χ2v) is 7.67. The Morgan fingerprint density at radius 2 is 1.89 bits per heavy atom. The lowest BCUT2D eigenvalue weighted by molar-refractivity contribution is 0.242. The molecule has 0 aliphatic rings. The van der Waals surface area contributed by atoms with Crippen molar-refractivity contribution in [2.24, 2.45) is 0 Å². The van der Waals surface area contributed by atoms with Gasteiger partial charge in [0.25, 0.3) is 0 Å². The molecular formula is C21H21ClN2O2S. The number of hydrogen-bond acceptors (Lipinski definition) is 5. The SMILES string of the molecule is CO/C=C/c1cccc(-c2nnc(-c3ccc(OC(C)C)c(Cl)c3)s2)c1C. The van der Waals surface area contributed by atoms with Crippen molar-refractivity contribution < 1.29 is 9.47 Å². The predicted octanol–water partition coefficient (Wildman–Crippen LogP) is 6.24. The number of methoxy groups -OCH3 is 1. The minimum Gasteiger partial charge on any atom is -0.504 e. The van der Waals surface area contributed by atoms with Gasteiger partial charge in [-0.3, -0.25) is 0 Å². The maximum absolute atomic E-state index is 6.35. The molecule has 0 bridgehead atoms. The summed E-state index contributed by atoms with van der Waals surface area (Å²) in [5.41, 5.74) is 4.20. The Hall–Kier alpha value is -2.37. The van der Waals surface area contributed by atoms with E-state index in [0.29, 0.717) is 10.8 Å². The van der Waals surface area contributed by atoms with Gasteiger partial charge in [-0.2, -0.15) is 0 Å². The monoisotopic (exact) mass is 400 g/mol. The fourth-order valence-corrected chi connectivity index (χ4v) is 3.79. The maximum Gasteiger partial charge on any atom is 0.148 e. The molecule has 0 fully saturated rings. The molecule has 0 unspecified atom stereocenters. The first-order valence-electron chi connectivity index (χ1n) is 8.59. The van der Waals surface area contributed by atoms with E-state index in [9.17, 15) is 0 Å². The van der Waals surface area contributed by atoms with Crippen LogP contribution in [0.4, 0.5) is 0 Å². The van der Waals surface area contributed by atoms with Crippen LogP contribution < -0.4 is 4.74 Å². The Morgan fingerprint density at radius 1 is 1.11 bits per heavy atom. The van der Waals surface area contributed by atoms with Crippen molar-refractivity contribution in [3.05, 3.63) is 58.8 Å². The fraction of sp³-hybridized carbons (Fsp3) is 0.238. The van der Waals surface area contributed by atoms with Crippen LogP contribution in [0.1, 0.15) is 25.0 Å². The van der Waals surface area contributed by atoms with E-state index in [0.717, 1.165) is 32.3 Å². The molecule has 2 aromatic carbocycles. The van der Waals surface area contributed by atoms with Crippen LogP contribution in [0.15, 0.2) is 42.7 Å². The van der Waals surface area contributed by atoms with Gasteiger partial charge in [-0.05, 0) is 56.2 Å². The maximum atomic E-state index is 6.35. The van der Waals surface area contributed by atoms with Crippen LogP contribution in [-0.2, 0) is 4.74 Å². The van der Waals surface area contributed by atoms with E-state index in [1.807, 2.05) is 50.3 Å². The molecule has 0 amide bonds. The summed E-state index contributed by atoms with van der Waals surface area (Å²) < 4.78 is 10.7. The van der Waals surface area contributed by atoms with E-state index in [2.05, 4.69) is 23.2 Å². The number of hydrogen-bond donors (Lipinski definition) is 0. The molecule has 0 aliphatic heterocycles. The summed E-state index contributed by atoms with van der Waals surface area (Å²) >= 11 is 7.89. The van der Waals surface area contributed by atoms with Gasteiger partial charge in [0, 0.05) is 11.1 Å². The van der Waals surface area contributed by atoms with E-state index in [4.69, 9.17) is 21.1 Å². The minimum atomic E-state index is 0.0730. The quantitative estimate of drug-likeness (QED) is 0.459. The summed E-state index contributed by atoms with van der Waals surface area (Å²) in [6.07, 6.45) is 3.68. The first-order valence-corrected chi connectivity index (χ1v) is 9.78. The van der Waals surface area contributed by atoms with Crippen molar-refractivity contribution in [1.82, 2.24) is 10.2 Å². The highest BCUT2D eigenvalue weighted by atomic mass is 35.5. The summed E-state index contributed by atoms with van der Waals surface area (Å²) in [6, 6.07) is 11.8. The van der Waals surface area contributed by atoms with Gasteiger partial charge in [0.15, 0.2) is 0 Å². The third-order valence-electron chi connectivity index (χ3n) is 3.96. The zero-order valence-electron chi connectivity index (χ0n) is 15.7. The normalized spacial score (nSPS) is 11.3. The minimum absolute atomic E-state index is 0.0730. The summed E-state index contributed by atoms with van der Waals surface area (Å²) in [4.78, 5) is 0. The van der Waals surface area contributed by atoms with Gasteiger partial charge in [0.2, 0.25) is 0 Å². The van der Waals surface area contributed by atoms with Gasteiger partial charge in [0.05, 0.1) is 24.5 Å². The molecule has 6 heteroatoms. The molecule has 1 heterocycles. The van der Waals surface area contributed by atoms with E-state index in [1.54, 1.807) is 13.4 Å². The summed E-state index contributed by atoms with van der Waals surface area (Å²) in [5, 5.41) is 11.0. The molecule has 0 atom stereocenters. The molecule has 0 N–H and O–H groups in total. The van der Waals surface area contributed by atoms with E-state index in [-0.39, 0.29) is 6.10 Å². The van der Waals surface area contributed by atoms with E-state index in [1.165, 1.54) is 11.3 Å². The topological polar surface area (TPSA) is 44.2 Å². The number of aromatic nitrogens is 2. The second-order valence-electron chi connectivity index (χ2n) is 6.28. The smallest absolute Gasteiger partial charge is 0.148 e. The van der Waals surface area contributed by atoms with Crippen molar-refractivity contribution in [3.63, 3.8) is 0 Å². The van der Waals surface area contributed by atoms with Crippen LogP contribution in [0.25, 0.3) is 27.2 Å². The molecule has 140 valence electrons. The highest BCUT2D eigenvalue weighted by Gasteiger charge is 2.13. The highest BCUT2D eigenvalue weighted by molar-refractivity contribution is 7.17. The zero-order chi connectivity index (χ0) is 19.4. The van der Waals surface area contributed by atoms with Gasteiger partial charge < -0.3 is 9.47 Å². The Bertz CT molecular complexity index is 967. The summed E-state index contributed by atoms with van der Waals surface area (Å²) in [7, 11) is 1.63. The number of benzene rings is 2. The molecule has 0 spiro atoms. The average molecular weight is 401 g/mol. The Labute approximate surface area is 168 Å². The number of rotatable bonds is 6. The van der Waals surface area contributed by atoms with Crippen LogP contribution in [-0.4, -0.2) is 23.4 Å². The third kappa shape index (κ3) is 4.49. The van der Waals surface area contributed by atoms with Crippen LogP contribution in [0.5, 0.6) is 5.75 Å². The molecule has 27 heavy (non-hydrogen) atoms. The average Bonchev–Trinajstić information content (AvgIpc) is 3.12. The Balaban J connectivity index is 1.92. The van der Waals surface area contributed by atoms with Gasteiger partial charge in [-0.25, -0.2) is 0 Å². The lowest BCUT2D eigenvalue weighted by Gasteiger charge is -2.11. The molecule has 0 saturated heterocycles. The zero-order valence-corrected chi connectivity index (χ0v) is 17.3. The van der Waals surface area contributed by atoms with Crippen LogP contribution in [0.2, 0.25) is 5.02 Å². The van der Waals surface area contributed by atoms with Crippen molar-refractivity contribution >= 4 is 29.0 Å². The second kappa shape index (κ2) is 8.55. The van der Waals surface area contributed by atoms with Crippen molar-refractivity contribution in [3.8, 4) is 26.9 Å². The van der Waals surface area contributed by atoms with Crippen LogP contribution >= 0.6 is 22.9 Å². The van der Waals surface area contributed by atoms with E-state index >= 15 is 0 Å². The molecule has 0 saturated carbocycles. The first kappa shape index (κ1) is 19.4. The van der Waals surface area contributed by atoms with Gasteiger partial charge in [0.1, 0.15) is 15.8 Å². The summed E-state index contributed by atoms with van der Waals surface area (Å²) in [6.45, 7) is 6.01. The highest BCUT2D eigenvalue weighted by Crippen LogP contribution is 2.36. The molecule has 1 aromatic heterocycles. The predicted molar refractivity (Wildman–Crippen MR) is 112 cm³/mol. The van der Waals surface area contributed by atoms with Crippen molar-refractivity contribution in [2.75, 3.05) is 7.11 Å². The lowest BCUT2D eigenvalue weighted by atomic mass is 10.0. The van der Waals surface area contributed by atoms with Crippen LogP contribution in [0.3, 0.4) is 0 Å². The standard InChI is InChI=1S/C21H21ClN2O2S/c1-13(2)26-19-9-8-16(12-18(19)22)20-23-24-21(27-20)17-7-5-6-15(14(17)3)10-11-25-4/h5-13H,1-4H3/b11-10+. The molecule has 3 aromatic rings. The fourth-order valence-electron chi connectivity index (χ4n) is 2.64. The van der Waals surface area contributed by atoms with Crippen LogP contribution in [0, 0.1) is 6.92 Å². The molecule has 4 nitrogen and oxygen atoms in total. The van der Waals surface area contributed by atoms with Crippen molar-refractivity contribution in [2.45, 2.75) is 26.9 Å². The molecule has 0 aliphatic carbocycles. The van der Waals surface area contributed by atoms with Gasteiger partial charge in [-0.15, -0.1) is 10.2 Å². The Kier molecular flexibility index (Phi) is 6.14. The largest absolute Gasteiger partial charge is 0.504 e.